The minimum Gasteiger partial charge on any atom is -0.353 e. The van der Waals surface area contributed by atoms with Gasteiger partial charge in [0, 0.05) is 32.2 Å². The molecule has 1 amide bonds. The molecular formula is C18H20N4O3. The van der Waals surface area contributed by atoms with E-state index in [1.165, 1.54) is 12.3 Å². The van der Waals surface area contributed by atoms with Gasteiger partial charge in [0.2, 0.25) is 5.91 Å². The highest BCUT2D eigenvalue weighted by Gasteiger charge is 2.23. The molecule has 0 unspecified atom stereocenters. The minimum absolute atomic E-state index is 0.00192. The van der Waals surface area contributed by atoms with Crippen molar-refractivity contribution in [2.45, 2.75) is 13.3 Å². The van der Waals surface area contributed by atoms with Gasteiger partial charge in [-0.1, -0.05) is 30.3 Å². The number of aryl methyl sites for hydroxylation is 1. The molecular weight excluding hydrogens is 320 g/mol. The van der Waals surface area contributed by atoms with E-state index in [1.807, 2.05) is 42.2 Å². The van der Waals surface area contributed by atoms with Crippen molar-refractivity contribution >= 4 is 17.4 Å². The van der Waals surface area contributed by atoms with Gasteiger partial charge in [0.1, 0.15) is 12.0 Å². The Balaban J connectivity index is 1.60. The number of piperazine rings is 1. The lowest BCUT2D eigenvalue weighted by Crippen LogP contribution is -2.49. The van der Waals surface area contributed by atoms with Gasteiger partial charge in [-0.25, -0.2) is 4.98 Å². The second-order valence-electron chi connectivity index (χ2n) is 6.12. The van der Waals surface area contributed by atoms with E-state index in [-0.39, 0.29) is 11.6 Å². The third-order valence-electron chi connectivity index (χ3n) is 4.38. The Kier molecular flexibility index (Phi) is 4.92. The highest BCUT2D eigenvalue weighted by molar-refractivity contribution is 5.79. The molecule has 0 aliphatic carbocycles. The molecule has 0 spiro atoms. The summed E-state index contributed by atoms with van der Waals surface area (Å²) >= 11 is 0. The van der Waals surface area contributed by atoms with E-state index in [2.05, 4.69) is 9.88 Å². The van der Waals surface area contributed by atoms with Gasteiger partial charge in [0.05, 0.1) is 11.3 Å². The summed E-state index contributed by atoms with van der Waals surface area (Å²) in [5, 5.41) is 10.8. The van der Waals surface area contributed by atoms with Crippen molar-refractivity contribution in [3.05, 3.63) is 63.8 Å². The summed E-state index contributed by atoms with van der Waals surface area (Å²) < 4.78 is 0. The van der Waals surface area contributed by atoms with Crippen molar-refractivity contribution in [3.63, 3.8) is 0 Å². The lowest BCUT2D eigenvalue weighted by Gasteiger charge is -2.36. The van der Waals surface area contributed by atoms with Gasteiger partial charge in [-0.05, 0) is 18.1 Å². The van der Waals surface area contributed by atoms with Crippen LogP contribution in [0.2, 0.25) is 0 Å². The molecule has 1 aromatic heterocycles. The van der Waals surface area contributed by atoms with Gasteiger partial charge in [0.15, 0.2) is 0 Å². The summed E-state index contributed by atoms with van der Waals surface area (Å²) in [4.78, 5) is 31.0. The van der Waals surface area contributed by atoms with Gasteiger partial charge < -0.3 is 9.80 Å². The Morgan fingerprint density at radius 1 is 1.20 bits per heavy atom. The first-order valence-electron chi connectivity index (χ1n) is 8.22. The van der Waals surface area contributed by atoms with Crippen molar-refractivity contribution in [3.8, 4) is 0 Å². The SMILES string of the molecule is Cc1cc([N+](=O)[O-])cnc1N1CCN(C(=O)Cc2ccccc2)CC1. The number of aromatic nitrogens is 1. The van der Waals surface area contributed by atoms with Gasteiger partial charge >= 0.3 is 0 Å². The average Bonchev–Trinajstić information content (AvgIpc) is 2.62. The van der Waals surface area contributed by atoms with E-state index in [1.54, 1.807) is 0 Å². The van der Waals surface area contributed by atoms with Gasteiger partial charge in [-0.3, -0.25) is 14.9 Å². The lowest BCUT2D eigenvalue weighted by molar-refractivity contribution is -0.385. The van der Waals surface area contributed by atoms with Gasteiger partial charge in [0.25, 0.3) is 5.69 Å². The first-order valence-corrected chi connectivity index (χ1v) is 8.22. The molecule has 0 atom stereocenters. The normalized spacial score (nSPS) is 14.4. The van der Waals surface area contributed by atoms with E-state index < -0.39 is 4.92 Å². The number of amides is 1. The van der Waals surface area contributed by atoms with E-state index in [0.717, 1.165) is 16.9 Å². The maximum atomic E-state index is 12.4. The third-order valence-corrected chi connectivity index (χ3v) is 4.38. The van der Waals surface area contributed by atoms with Crippen LogP contribution in [0, 0.1) is 17.0 Å². The summed E-state index contributed by atoms with van der Waals surface area (Å²) in [6.07, 6.45) is 1.70. The highest BCUT2D eigenvalue weighted by Crippen LogP contribution is 2.22. The number of carbonyl (C=O) groups excluding carboxylic acids is 1. The van der Waals surface area contributed by atoms with Crippen LogP contribution >= 0.6 is 0 Å². The fraction of sp³-hybridized carbons (Fsp3) is 0.333. The number of pyridine rings is 1. The van der Waals surface area contributed by atoms with Crippen LogP contribution in [0.25, 0.3) is 0 Å². The molecule has 130 valence electrons. The predicted molar refractivity (Wildman–Crippen MR) is 94.6 cm³/mol. The van der Waals surface area contributed by atoms with Crippen molar-refractivity contribution in [1.29, 1.82) is 0 Å². The van der Waals surface area contributed by atoms with Crippen LogP contribution < -0.4 is 4.90 Å². The standard InChI is InChI=1S/C18H20N4O3/c1-14-11-16(22(24)25)13-19-18(14)21-9-7-20(8-10-21)17(23)12-15-5-3-2-4-6-15/h2-6,11,13H,7-10,12H2,1H3. The van der Waals surface area contributed by atoms with Crippen molar-refractivity contribution in [1.82, 2.24) is 9.88 Å². The average molecular weight is 340 g/mol. The predicted octanol–water partition coefficient (Wildman–Crippen LogP) is 2.19. The summed E-state index contributed by atoms with van der Waals surface area (Å²) in [7, 11) is 0. The molecule has 0 bridgehead atoms. The Hall–Kier alpha value is -2.96. The molecule has 3 rings (SSSR count). The Morgan fingerprint density at radius 3 is 2.48 bits per heavy atom. The van der Waals surface area contributed by atoms with Gasteiger partial charge in [-0.15, -0.1) is 0 Å². The fourth-order valence-corrected chi connectivity index (χ4v) is 3.03. The molecule has 7 heteroatoms. The smallest absolute Gasteiger partial charge is 0.287 e. The van der Waals surface area contributed by atoms with Crippen LogP contribution in [0.5, 0.6) is 0 Å². The molecule has 0 saturated carbocycles. The highest BCUT2D eigenvalue weighted by atomic mass is 16.6. The summed E-state index contributed by atoms with van der Waals surface area (Å²) in [5.74, 6) is 0.875. The zero-order valence-corrected chi connectivity index (χ0v) is 14.1. The Bertz CT molecular complexity index is 771. The molecule has 1 aromatic carbocycles. The van der Waals surface area contributed by atoms with E-state index in [0.29, 0.717) is 32.6 Å². The van der Waals surface area contributed by atoms with Gasteiger partial charge in [-0.2, -0.15) is 0 Å². The molecule has 0 N–H and O–H groups in total. The van der Waals surface area contributed by atoms with Crippen LogP contribution in [-0.4, -0.2) is 46.9 Å². The van der Waals surface area contributed by atoms with Crippen molar-refractivity contribution in [2.75, 3.05) is 31.1 Å². The molecule has 2 aromatic rings. The summed E-state index contributed by atoms with van der Waals surface area (Å²) in [6.45, 7) is 4.42. The van der Waals surface area contributed by atoms with Crippen molar-refractivity contribution in [2.24, 2.45) is 0 Å². The summed E-state index contributed by atoms with van der Waals surface area (Å²) in [6, 6.07) is 11.3. The molecule has 25 heavy (non-hydrogen) atoms. The van der Waals surface area contributed by atoms with Crippen LogP contribution in [0.1, 0.15) is 11.1 Å². The van der Waals surface area contributed by atoms with E-state index >= 15 is 0 Å². The number of nitro groups is 1. The zero-order valence-electron chi connectivity index (χ0n) is 14.1. The molecule has 1 fully saturated rings. The number of carbonyl (C=O) groups is 1. The molecule has 1 aliphatic heterocycles. The quantitative estimate of drug-likeness (QED) is 0.630. The number of nitrogens with zero attached hydrogens (tertiary/aromatic N) is 4. The van der Waals surface area contributed by atoms with E-state index in [9.17, 15) is 14.9 Å². The summed E-state index contributed by atoms with van der Waals surface area (Å²) in [5.41, 5.74) is 1.79. The molecule has 2 heterocycles. The Morgan fingerprint density at radius 2 is 1.88 bits per heavy atom. The maximum absolute atomic E-state index is 12.4. The van der Waals surface area contributed by atoms with Crippen LogP contribution in [0.4, 0.5) is 11.5 Å². The van der Waals surface area contributed by atoms with Crippen molar-refractivity contribution < 1.29 is 9.72 Å². The van der Waals surface area contributed by atoms with Crippen LogP contribution in [0.15, 0.2) is 42.6 Å². The zero-order chi connectivity index (χ0) is 17.8. The molecule has 7 nitrogen and oxygen atoms in total. The first kappa shape index (κ1) is 16.9. The van der Waals surface area contributed by atoms with E-state index in [4.69, 9.17) is 0 Å². The lowest BCUT2D eigenvalue weighted by atomic mass is 10.1. The first-order chi connectivity index (χ1) is 12.0. The second-order valence-corrected chi connectivity index (χ2v) is 6.12. The monoisotopic (exact) mass is 340 g/mol. The fourth-order valence-electron chi connectivity index (χ4n) is 3.03. The number of benzene rings is 1. The number of hydrogen-bond acceptors (Lipinski definition) is 5. The van der Waals surface area contributed by atoms with Crippen LogP contribution in [-0.2, 0) is 11.2 Å². The topological polar surface area (TPSA) is 79.6 Å². The maximum Gasteiger partial charge on any atom is 0.287 e. The number of rotatable bonds is 4. The minimum atomic E-state index is -0.441. The second kappa shape index (κ2) is 7.29. The number of anilines is 1. The number of hydrogen-bond donors (Lipinski definition) is 0. The Labute approximate surface area is 146 Å². The molecule has 0 radical (unpaired) electrons. The molecule has 1 saturated heterocycles. The molecule has 1 aliphatic rings. The third kappa shape index (κ3) is 3.93. The van der Waals surface area contributed by atoms with Crippen LogP contribution in [0.3, 0.4) is 0 Å². The largest absolute Gasteiger partial charge is 0.353 e.